The number of fused-ring (bicyclic) bond motifs is 1. The van der Waals surface area contributed by atoms with Crippen molar-refractivity contribution >= 4 is 34.5 Å². The van der Waals surface area contributed by atoms with Crippen LogP contribution in [0, 0.1) is 0 Å². The van der Waals surface area contributed by atoms with E-state index in [-0.39, 0.29) is 12.1 Å². The second-order valence-electron chi connectivity index (χ2n) is 10.7. The average molecular weight is 645 g/mol. The van der Waals surface area contributed by atoms with Crippen molar-refractivity contribution in [3.8, 4) is 16.9 Å². The number of para-hydroxylation sites is 1. The molecule has 46 heavy (non-hydrogen) atoms. The highest BCUT2D eigenvalue weighted by molar-refractivity contribution is 7.98. The Morgan fingerprint density at radius 2 is 1.67 bits per heavy atom. The van der Waals surface area contributed by atoms with Crippen LogP contribution in [0.25, 0.3) is 22.0 Å². The molecule has 0 aliphatic rings. The Kier molecular flexibility index (Phi) is 10.3. The molecule has 0 saturated heterocycles. The minimum Gasteiger partial charge on any atom is -0.489 e. The van der Waals surface area contributed by atoms with E-state index in [9.17, 15) is 27.9 Å². The fourth-order valence-corrected chi connectivity index (χ4v) is 5.65. The predicted molar refractivity (Wildman–Crippen MR) is 174 cm³/mol. The summed E-state index contributed by atoms with van der Waals surface area (Å²) in [5, 5.41) is 12.4. The van der Waals surface area contributed by atoms with E-state index < -0.39 is 29.7 Å². The van der Waals surface area contributed by atoms with Crippen LogP contribution in [0.1, 0.15) is 39.0 Å². The summed E-state index contributed by atoms with van der Waals surface area (Å²) < 4.78 is 47.8. The van der Waals surface area contributed by atoms with Crippen molar-refractivity contribution in [2.24, 2.45) is 0 Å². The van der Waals surface area contributed by atoms with Crippen LogP contribution >= 0.6 is 11.8 Å². The number of carbonyl (C=O) groups is 2. The first-order chi connectivity index (χ1) is 22.1. The predicted octanol–water partition coefficient (Wildman–Crippen LogP) is 8.03. The van der Waals surface area contributed by atoms with Gasteiger partial charge < -0.3 is 15.2 Å². The Bertz CT molecular complexity index is 1830. The van der Waals surface area contributed by atoms with Crippen molar-refractivity contribution in [2.45, 2.75) is 31.7 Å². The quantitative estimate of drug-likeness (QED) is 0.143. The number of carbonyl (C=O) groups excluding carboxylic acids is 1. The molecule has 1 amide bonds. The monoisotopic (exact) mass is 644 g/mol. The van der Waals surface area contributed by atoms with Gasteiger partial charge >= 0.3 is 12.1 Å². The lowest BCUT2D eigenvalue weighted by atomic mass is 9.92. The first kappa shape index (κ1) is 32.6. The number of nitrogens with one attached hydrogen (secondary N) is 1. The minimum absolute atomic E-state index is 0.115. The maximum Gasteiger partial charge on any atom is 0.418 e. The normalized spacial score (nSPS) is 12.1. The molecule has 1 heterocycles. The van der Waals surface area contributed by atoms with Gasteiger partial charge in [0.25, 0.3) is 5.91 Å². The number of carboxylic acid groups (broad SMARTS) is 1. The first-order valence-corrected chi connectivity index (χ1v) is 15.9. The van der Waals surface area contributed by atoms with Crippen LogP contribution in [0.4, 0.5) is 13.2 Å². The molecule has 4 aromatic carbocycles. The van der Waals surface area contributed by atoms with E-state index in [1.807, 2.05) is 42.7 Å². The molecule has 2 N–H and O–H groups in total. The summed E-state index contributed by atoms with van der Waals surface area (Å²) in [6.45, 7) is 0.170. The standard InChI is InChI=1S/C36H31F3N2O4S/c1-46-18-17-31(35(43)44)41-34(42)25-15-13-24(14-16-25)22-45-28-10-5-9-26(20-28)32-27(19-23-7-3-2-4-8-23)21-40-33-29(32)11-6-12-30(33)36(37,38)39/h2-16,20-21,31H,17-19,22H2,1H3,(H,41,42)(H,43,44)/t31-/m0/s1. The average Bonchev–Trinajstić information content (AvgIpc) is 3.05. The zero-order valence-corrected chi connectivity index (χ0v) is 25.7. The summed E-state index contributed by atoms with van der Waals surface area (Å²) in [6.07, 6.45) is -0.370. The van der Waals surface area contributed by atoms with E-state index in [1.54, 1.807) is 48.5 Å². The van der Waals surface area contributed by atoms with Crippen molar-refractivity contribution in [1.29, 1.82) is 0 Å². The molecule has 0 aliphatic carbocycles. The SMILES string of the molecule is CSCC[C@H](NC(=O)c1ccc(COc2cccc(-c3c(Cc4ccccc4)cnc4c(C(F)(F)F)cccc34)c2)cc1)C(=O)O. The number of aliphatic carboxylic acids is 1. The van der Waals surface area contributed by atoms with Gasteiger partial charge in [-0.15, -0.1) is 0 Å². The number of carboxylic acids is 1. The smallest absolute Gasteiger partial charge is 0.418 e. The van der Waals surface area contributed by atoms with E-state index in [0.717, 1.165) is 22.8 Å². The zero-order chi connectivity index (χ0) is 32.7. The van der Waals surface area contributed by atoms with Crippen LogP contribution in [0.3, 0.4) is 0 Å². The van der Waals surface area contributed by atoms with Crippen molar-refractivity contribution < 1.29 is 32.6 Å². The largest absolute Gasteiger partial charge is 0.489 e. The molecule has 236 valence electrons. The number of hydrogen-bond acceptors (Lipinski definition) is 5. The van der Waals surface area contributed by atoms with Gasteiger partial charge in [0.15, 0.2) is 0 Å². The molecule has 0 bridgehead atoms. The molecule has 1 aromatic heterocycles. The van der Waals surface area contributed by atoms with Crippen LogP contribution in [0.15, 0.2) is 103 Å². The van der Waals surface area contributed by atoms with E-state index in [2.05, 4.69) is 10.3 Å². The molecule has 0 radical (unpaired) electrons. The number of pyridine rings is 1. The van der Waals surface area contributed by atoms with Gasteiger partial charge in [-0.2, -0.15) is 24.9 Å². The van der Waals surface area contributed by atoms with E-state index in [0.29, 0.717) is 46.4 Å². The Labute approximate surface area is 268 Å². The van der Waals surface area contributed by atoms with Crippen LogP contribution in [0.5, 0.6) is 5.75 Å². The van der Waals surface area contributed by atoms with E-state index >= 15 is 0 Å². The van der Waals surface area contributed by atoms with Gasteiger partial charge in [0.05, 0.1) is 11.1 Å². The second kappa shape index (κ2) is 14.5. The lowest BCUT2D eigenvalue weighted by Gasteiger charge is -2.17. The van der Waals surface area contributed by atoms with Crippen molar-refractivity contribution in [3.63, 3.8) is 0 Å². The lowest BCUT2D eigenvalue weighted by Crippen LogP contribution is -2.41. The number of thioether (sulfide) groups is 1. The van der Waals surface area contributed by atoms with Crippen molar-refractivity contribution in [1.82, 2.24) is 10.3 Å². The molecule has 0 fully saturated rings. The summed E-state index contributed by atoms with van der Waals surface area (Å²) in [6, 6.07) is 26.7. The summed E-state index contributed by atoms with van der Waals surface area (Å²) in [5.41, 5.74) is 3.32. The zero-order valence-electron chi connectivity index (χ0n) is 24.9. The van der Waals surface area contributed by atoms with Crippen LogP contribution < -0.4 is 10.1 Å². The van der Waals surface area contributed by atoms with Crippen LogP contribution in [-0.4, -0.2) is 40.0 Å². The summed E-state index contributed by atoms with van der Waals surface area (Å²) in [4.78, 5) is 28.4. The van der Waals surface area contributed by atoms with E-state index in [4.69, 9.17) is 4.74 Å². The van der Waals surface area contributed by atoms with Crippen LogP contribution in [-0.2, 0) is 24.0 Å². The molecule has 0 saturated carbocycles. The number of aromatic nitrogens is 1. The number of benzene rings is 4. The number of ether oxygens (including phenoxy) is 1. The summed E-state index contributed by atoms with van der Waals surface area (Å²) >= 11 is 1.51. The third-order valence-corrected chi connectivity index (χ3v) is 8.12. The van der Waals surface area contributed by atoms with Gasteiger partial charge in [0.2, 0.25) is 0 Å². The highest BCUT2D eigenvalue weighted by Gasteiger charge is 2.33. The van der Waals surface area contributed by atoms with Gasteiger partial charge in [0.1, 0.15) is 18.4 Å². The van der Waals surface area contributed by atoms with Gasteiger partial charge in [-0.25, -0.2) is 4.79 Å². The van der Waals surface area contributed by atoms with Gasteiger partial charge in [-0.3, -0.25) is 9.78 Å². The third kappa shape index (κ3) is 7.87. The van der Waals surface area contributed by atoms with Crippen molar-refractivity contribution in [3.05, 3.63) is 131 Å². The molecule has 0 aliphatic heterocycles. The number of nitrogens with zero attached hydrogens (tertiary/aromatic N) is 1. The topological polar surface area (TPSA) is 88.5 Å². The maximum atomic E-state index is 13.9. The Morgan fingerprint density at radius 3 is 2.37 bits per heavy atom. The molecule has 0 spiro atoms. The Balaban J connectivity index is 1.39. The molecular formula is C36H31F3N2O4S. The number of halogens is 3. The summed E-state index contributed by atoms with van der Waals surface area (Å²) in [7, 11) is 0. The minimum atomic E-state index is -4.56. The number of hydrogen-bond donors (Lipinski definition) is 2. The maximum absolute atomic E-state index is 13.9. The molecule has 6 nitrogen and oxygen atoms in total. The number of rotatable bonds is 12. The number of amides is 1. The van der Waals surface area contributed by atoms with Gasteiger partial charge in [-0.1, -0.05) is 66.7 Å². The van der Waals surface area contributed by atoms with Gasteiger partial charge in [-0.05, 0) is 83.0 Å². The van der Waals surface area contributed by atoms with E-state index in [1.165, 1.54) is 24.0 Å². The molecule has 5 rings (SSSR count). The first-order valence-electron chi connectivity index (χ1n) is 14.5. The van der Waals surface area contributed by atoms with Crippen LogP contribution in [0.2, 0.25) is 0 Å². The fraction of sp³-hybridized carbons (Fsp3) is 0.194. The van der Waals surface area contributed by atoms with Gasteiger partial charge in [0, 0.05) is 17.1 Å². The lowest BCUT2D eigenvalue weighted by molar-refractivity contribution is -0.139. The Hall–Kier alpha value is -4.83. The molecule has 5 aromatic rings. The fourth-order valence-electron chi connectivity index (χ4n) is 5.18. The molecule has 10 heteroatoms. The molecule has 0 unspecified atom stereocenters. The molecule has 1 atom stereocenters. The van der Waals surface area contributed by atoms with Crippen molar-refractivity contribution in [2.75, 3.05) is 12.0 Å². The Morgan fingerprint density at radius 1 is 0.935 bits per heavy atom. The molecular weight excluding hydrogens is 613 g/mol. The summed E-state index contributed by atoms with van der Waals surface area (Å²) in [5.74, 6) is -0.435. The second-order valence-corrected chi connectivity index (χ2v) is 11.7. The number of alkyl halides is 3. The third-order valence-electron chi connectivity index (χ3n) is 7.48. The highest BCUT2D eigenvalue weighted by atomic mass is 32.2. The highest BCUT2D eigenvalue weighted by Crippen LogP contribution is 2.39.